The molecule has 1 atom stereocenters. The molecule has 1 fully saturated rings. The van der Waals surface area contributed by atoms with E-state index in [4.69, 9.17) is 16.7 Å². The van der Waals surface area contributed by atoms with E-state index in [1.165, 1.54) is 4.90 Å². The number of carbonyl (C=O) groups is 3. The van der Waals surface area contributed by atoms with E-state index in [0.29, 0.717) is 17.1 Å². The van der Waals surface area contributed by atoms with E-state index in [-0.39, 0.29) is 31.3 Å². The minimum Gasteiger partial charge on any atom is -0.481 e. The van der Waals surface area contributed by atoms with Crippen LogP contribution in [0.1, 0.15) is 16.8 Å². The lowest BCUT2D eigenvalue weighted by atomic mass is 10.1. The molecule has 0 bridgehead atoms. The van der Waals surface area contributed by atoms with Crippen LogP contribution in [0.5, 0.6) is 0 Å². The van der Waals surface area contributed by atoms with Gasteiger partial charge in [-0.15, -0.1) is 0 Å². The van der Waals surface area contributed by atoms with Gasteiger partial charge >= 0.3 is 5.97 Å². The summed E-state index contributed by atoms with van der Waals surface area (Å²) in [7, 11) is 0. The number of halogens is 1. The maximum Gasteiger partial charge on any atom is 0.308 e. The Kier molecular flexibility index (Phi) is 4.80. The molecule has 1 saturated heterocycles. The lowest BCUT2D eigenvalue weighted by Crippen LogP contribution is -2.36. The fraction of sp³-hybridized carbons (Fsp3) is 0.357. The summed E-state index contributed by atoms with van der Waals surface area (Å²) in [5.41, 5.74) is 0.371. The number of nitrogens with zero attached hydrogens (tertiary/aromatic N) is 1. The maximum atomic E-state index is 11.9. The number of likely N-dealkylation sites (tertiary alicyclic amines) is 1. The maximum absolute atomic E-state index is 11.9. The molecule has 2 amide bonds. The Bertz CT molecular complexity index is 576. The average Bonchev–Trinajstić information content (AvgIpc) is 2.81. The van der Waals surface area contributed by atoms with Crippen LogP contribution < -0.4 is 5.32 Å². The number of amides is 2. The van der Waals surface area contributed by atoms with Crippen molar-refractivity contribution in [3.63, 3.8) is 0 Å². The van der Waals surface area contributed by atoms with E-state index < -0.39 is 11.9 Å². The molecule has 7 heteroatoms. The van der Waals surface area contributed by atoms with E-state index in [1.54, 1.807) is 24.3 Å². The molecule has 1 aliphatic heterocycles. The fourth-order valence-corrected chi connectivity index (χ4v) is 2.42. The number of aliphatic carboxylic acids is 1. The molecule has 1 aliphatic rings. The Balaban J connectivity index is 1.82. The molecule has 1 unspecified atom stereocenters. The number of carbonyl (C=O) groups excluding carboxylic acids is 2. The van der Waals surface area contributed by atoms with Gasteiger partial charge in [-0.25, -0.2) is 0 Å². The summed E-state index contributed by atoms with van der Waals surface area (Å²) in [5, 5.41) is 11.9. The van der Waals surface area contributed by atoms with Crippen LogP contribution >= 0.6 is 11.6 Å². The third kappa shape index (κ3) is 3.72. The zero-order chi connectivity index (χ0) is 15.4. The van der Waals surface area contributed by atoms with Gasteiger partial charge in [0.05, 0.1) is 16.5 Å². The summed E-state index contributed by atoms with van der Waals surface area (Å²) in [4.78, 5) is 35.8. The molecule has 112 valence electrons. The van der Waals surface area contributed by atoms with Gasteiger partial charge in [-0.2, -0.15) is 0 Å². The van der Waals surface area contributed by atoms with Crippen LogP contribution in [0.4, 0.5) is 0 Å². The number of carboxylic acid groups (broad SMARTS) is 1. The summed E-state index contributed by atoms with van der Waals surface area (Å²) in [5.74, 6) is -2.14. The van der Waals surface area contributed by atoms with Crippen molar-refractivity contribution >= 4 is 29.4 Å². The van der Waals surface area contributed by atoms with E-state index in [9.17, 15) is 14.4 Å². The van der Waals surface area contributed by atoms with Gasteiger partial charge in [-0.05, 0) is 12.1 Å². The topological polar surface area (TPSA) is 86.7 Å². The second-order valence-electron chi connectivity index (χ2n) is 4.81. The normalized spacial score (nSPS) is 17.9. The molecular formula is C14H15ClN2O4. The van der Waals surface area contributed by atoms with E-state index in [2.05, 4.69) is 5.32 Å². The number of nitrogens with one attached hydrogen (secondary N) is 1. The predicted molar refractivity (Wildman–Crippen MR) is 76.1 cm³/mol. The second-order valence-corrected chi connectivity index (χ2v) is 5.22. The molecule has 1 heterocycles. The molecule has 1 aromatic carbocycles. The van der Waals surface area contributed by atoms with Crippen LogP contribution in [0.25, 0.3) is 0 Å². The highest BCUT2D eigenvalue weighted by atomic mass is 35.5. The van der Waals surface area contributed by atoms with Crippen molar-refractivity contribution < 1.29 is 19.5 Å². The first-order valence-electron chi connectivity index (χ1n) is 6.52. The molecule has 0 spiro atoms. The molecule has 1 aromatic rings. The molecule has 21 heavy (non-hydrogen) atoms. The summed E-state index contributed by atoms with van der Waals surface area (Å²) in [6.07, 6.45) is 0.0216. The minimum atomic E-state index is -0.967. The Labute approximate surface area is 126 Å². The third-order valence-corrected chi connectivity index (χ3v) is 3.68. The number of hydrogen-bond donors (Lipinski definition) is 2. The Morgan fingerprint density at radius 1 is 1.38 bits per heavy atom. The SMILES string of the molecule is O=C(NCCN1CC(C(=O)O)CC1=O)c1ccccc1Cl. The molecule has 0 aliphatic carbocycles. The fourth-order valence-electron chi connectivity index (χ4n) is 2.20. The van der Waals surface area contributed by atoms with Crippen molar-refractivity contribution in [2.75, 3.05) is 19.6 Å². The lowest BCUT2D eigenvalue weighted by Gasteiger charge is -2.16. The monoisotopic (exact) mass is 310 g/mol. The van der Waals surface area contributed by atoms with Gasteiger partial charge < -0.3 is 15.3 Å². The van der Waals surface area contributed by atoms with Gasteiger partial charge in [0.25, 0.3) is 5.91 Å². The van der Waals surface area contributed by atoms with Crippen LogP contribution in [0.3, 0.4) is 0 Å². The van der Waals surface area contributed by atoms with Gasteiger partial charge in [0.15, 0.2) is 0 Å². The summed E-state index contributed by atoms with van der Waals surface area (Å²) >= 11 is 5.91. The highest BCUT2D eigenvalue weighted by molar-refractivity contribution is 6.33. The van der Waals surface area contributed by atoms with E-state index in [0.717, 1.165) is 0 Å². The van der Waals surface area contributed by atoms with E-state index in [1.807, 2.05) is 0 Å². The molecule has 2 rings (SSSR count). The second kappa shape index (κ2) is 6.58. The largest absolute Gasteiger partial charge is 0.481 e. The van der Waals surface area contributed by atoms with Crippen LogP contribution in [-0.2, 0) is 9.59 Å². The molecule has 0 radical (unpaired) electrons. The van der Waals surface area contributed by atoms with Gasteiger partial charge in [-0.1, -0.05) is 23.7 Å². The standard InChI is InChI=1S/C14H15ClN2O4/c15-11-4-2-1-3-10(11)13(19)16-5-6-17-8-9(14(20)21)7-12(17)18/h1-4,9H,5-8H2,(H,16,19)(H,20,21). The zero-order valence-corrected chi connectivity index (χ0v) is 12.0. The van der Waals surface area contributed by atoms with Crippen LogP contribution in [0, 0.1) is 5.92 Å². The van der Waals surface area contributed by atoms with Crippen LogP contribution in [-0.4, -0.2) is 47.4 Å². The quantitative estimate of drug-likeness (QED) is 0.849. The number of hydrogen-bond acceptors (Lipinski definition) is 3. The van der Waals surface area contributed by atoms with Crippen molar-refractivity contribution in [2.24, 2.45) is 5.92 Å². The summed E-state index contributed by atoms with van der Waals surface area (Å²) in [6, 6.07) is 6.67. The smallest absolute Gasteiger partial charge is 0.308 e. The van der Waals surface area contributed by atoms with Crippen molar-refractivity contribution in [1.82, 2.24) is 10.2 Å². The minimum absolute atomic E-state index is 0.0216. The van der Waals surface area contributed by atoms with Crippen molar-refractivity contribution in [2.45, 2.75) is 6.42 Å². The van der Waals surface area contributed by atoms with Crippen molar-refractivity contribution in [3.05, 3.63) is 34.9 Å². The van der Waals surface area contributed by atoms with Crippen molar-refractivity contribution in [1.29, 1.82) is 0 Å². The van der Waals surface area contributed by atoms with Gasteiger partial charge in [0.2, 0.25) is 5.91 Å². The molecule has 0 aromatic heterocycles. The van der Waals surface area contributed by atoms with Gasteiger partial charge in [-0.3, -0.25) is 14.4 Å². The zero-order valence-electron chi connectivity index (χ0n) is 11.2. The first kappa shape index (κ1) is 15.3. The van der Waals surface area contributed by atoms with Gasteiger partial charge in [0.1, 0.15) is 0 Å². The number of rotatable bonds is 5. The first-order valence-corrected chi connectivity index (χ1v) is 6.90. The molecule has 0 saturated carbocycles. The predicted octanol–water partition coefficient (Wildman–Crippen LogP) is 1.00. The van der Waals surface area contributed by atoms with Crippen LogP contribution in [0.2, 0.25) is 5.02 Å². The molecule has 6 nitrogen and oxygen atoms in total. The highest BCUT2D eigenvalue weighted by Gasteiger charge is 2.33. The molecular weight excluding hydrogens is 296 g/mol. The molecule has 2 N–H and O–H groups in total. The lowest BCUT2D eigenvalue weighted by molar-refractivity contribution is -0.141. The first-order chi connectivity index (χ1) is 9.99. The number of carboxylic acids is 1. The van der Waals surface area contributed by atoms with Crippen LogP contribution in [0.15, 0.2) is 24.3 Å². The Morgan fingerprint density at radius 3 is 2.71 bits per heavy atom. The Hall–Kier alpha value is -2.08. The Morgan fingerprint density at radius 2 is 2.10 bits per heavy atom. The van der Waals surface area contributed by atoms with Gasteiger partial charge in [0, 0.05) is 26.1 Å². The van der Waals surface area contributed by atoms with Crippen molar-refractivity contribution in [3.8, 4) is 0 Å². The number of benzene rings is 1. The highest BCUT2D eigenvalue weighted by Crippen LogP contribution is 2.17. The summed E-state index contributed by atoms with van der Waals surface area (Å²) in [6.45, 7) is 0.733. The van der Waals surface area contributed by atoms with E-state index >= 15 is 0 Å². The average molecular weight is 311 g/mol. The third-order valence-electron chi connectivity index (χ3n) is 3.35. The summed E-state index contributed by atoms with van der Waals surface area (Å²) < 4.78 is 0.